The fourth-order valence-corrected chi connectivity index (χ4v) is 1.26. The van der Waals surface area contributed by atoms with E-state index in [2.05, 4.69) is 5.32 Å². The van der Waals surface area contributed by atoms with E-state index in [1.165, 1.54) is 19.0 Å². The van der Waals surface area contributed by atoms with Crippen molar-refractivity contribution >= 4 is 23.8 Å². The second-order valence-corrected chi connectivity index (χ2v) is 3.81. The van der Waals surface area contributed by atoms with Gasteiger partial charge in [0.15, 0.2) is 0 Å². The second-order valence-electron chi connectivity index (χ2n) is 3.81. The minimum Gasteiger partial charge on any atom is -0.480 e. The molecule has 0 bridgehead atoms. The van der Waals surface area contributed by atoms with E-state index >= 15 is 0 Å². The third kappa shape index (κ3) is 2.92. The average Bonchev–Trinajstić information content (AvgIpc) is 2.22. The summed E-state index contributed by atoms with van der Waals surface area (Å²) in [5, 5.41) is 10.8. The zero-order valence-corrected chi connectivity index (χ0v) is 9.47. The molecular weight excluding hydrogens is 230 g/mol. The predicted octanol–water partition coefficient (Wildman–Crippen LogP) is -1.53. The number of imide groups is 1. The van der Waals surface area contributed by atoms with E-state index in [-0.39, 0.29) is 13.0 Å². The lowest BCUT2D eigenvalue weighted by Gasteiger charge is -2.29. The van der Waals surface area contributed by atoms with Gasteiger partial charge >= 0.3 is 12.0 Å². The number of likely N-dealkylation sites (N-methyl/N-ethyl adjacent to an activating group) is 1. The summed E-state index contributed by atoms with van der Waals surface area (Å²) in [7, 11) is 2.99. The van der Waals surface area contributed by atoms with Gasteiger partial charge in [-0.3, -0.25) is 14.5 Å². The largest absolute Gasteiger partial charge is 0.480 e. The van der Waals surface area contributed by atoms with Gasteiger partial charge in [-0.15, -0.1) is 0 Å². The minimum atomic E-state index is -1.27. The molecule has 0 aliphatic carbocycles. The number of nitrogens with zero attached hydrogens (tertiary/aromatic N) is 2. The van der Waals surface area contributed by atoms with Crippen molar-refractivity contribution in [2.75, 3.05) is 20.6 Å². The summed E-state index contributed by atoms with van der Waals surface area (Å²) in [6, 6.07) is -2.08. The highest BCUT2D eigenvalue weighted by atomic mass is 16.4. The highest BCUT2D eigenvalue weighted by molar-refractivity contribution is 6.03. The Bertz CT molecular complexity index is 361. The van der Waals surface area contributed by atoms with E-state index < -0.39 is 29.9 Å². The van der Waals surface area contributed by atoms with Gasteiger partial charge in [0.05, 0.1) is 6.42 Å². The van der Waals surface area contributed by atoms with Gasteiger partial charge in [0.1, 0.15) is 12.6 Å². The van der Waals surface area contributed by atoms with E-state index in [1.807, 2.05) is 0 Å². The summed E-state index contributed by atoms with van der Waals surface area (Å²) in [5.41, 5.74) is 0. The average molecular weight is 243 g/mol. The molecule has 1 fully saturated rings. The molecule has 17 heavy (non-hydrogen) atoms. The van der Waals surface area contributed by atoms with Crippen LogP contribution in [0.2, 0.25) is 0 Å². The van der Waals surface area contributed by atoms with Gasteiger partial charge in [-0.25, -0.2) is 9.59 Å². The Hall–Kier alpha value is -2.12. The van der Waals surface area contributed by atoms with Crippen molar-refractivity contribution in [1.29, 1.82) is 0 Å². The maximum Gasteiger partial charge on any atom is 0.326 e. The van der Waals surface area contributed by atoms with Gasteiger partial charge in [-0.2, -0.15) is 0 Å². The highest BCUT2D eigenvalue weighted by Gasteiger charge is 2.36. The van der Waals surface area contributed by atoms with Gasteiger partial charge < -0.3 is 15.3 Å². The van der Waals surface area contributed by atoms with Crippen LogP contribution >= 0.6 is 0 Å². The highest BCUT2D eigenvalue weighted by Crippen LogP contribution is 2.08. The van der Waals surface area contributed by atoms with E-state index in [4.69, 9.17) is 5.11 Å². The molecule has 1 aliphatic rings. The fourth-order valence-electron chi connectivity index (χ4n) is 1.26. The van der Waals surface area contributed by atoms with E-state index in [0.29, 0.717) is 4.90 Å². The SMILES string of the molecule is CN(C)C(=O)CN1C(=O)C[C@@H](C(=O)O)NC1=O. The van der Waals surface area contributed by atoms with Crippen molar-refractivity contribution in [3.63, 3.8) is 0 Å². The van der Waals surface area contributed by atoms with Crippen LogP contribution in [0.25, 0.3) is 0 Å². The maximum absolute atomic E-state index is 11.5. The first-order valence-electron chi connectivity index (χ1n) is 4.86. The smallest absolute Gasteiger partial charge is 0.326 e. The zero-order valence-electron chi connectivity index (χ0n) is 9.47. The molecule has 0 saturated carbocycles. The summed E-state index contributed by atoms with van der Waals surface area (Å²) in [6.07, 6.45) is -0.345. The molecule has 0 aromatic rings. The number of carboxylic acids is 1. The molecule has 1 aliphatic heterocycles. The Morgan fingerprint density at radius 3 is 2.47 bits per heavy atom. The predicted molar refractivity (Wildman–Crippen MR) is 55.0 cm³/mol. The summed E-state index contributed by atoms with van der Waals surface area (Å²) in [6.45, 7) is -0.385. The first kappa shape index (κ1) is 12.9. The summed E-state index contributed by atoms with van der Waals surface area (Å²) in [5.74, 6) is -2.36. The van der Waals surface area contributed by atoms with Gasteiger partial charge in [-0.1, -0.05) is 0 Å². The lowest BCUT2D eigenvalue weighted by Crippen LogP contribution is -2.58. The van der Waals surface area contributed by atoms with Gasteiger partial charge in [-0.05, 0) is 0 Å². The van der Waals surface area contributed by atoms with Crippen LogP contribution in [0.3, 0.4) is 0 Å². The van der Waals surface area contributed by atoms with Crippen LogP contribution in [0, 0.1) is 0 Å². The third-order valence-corrected chi connectivity index (χ3v) is 2.31. The number of rotatable bonds is 3. The molecule has 2 N–H and O–H groups in total. The Labute approximate surface area is 97.2 Å². The second kappa shape index (κ2) is 4.81. The molecule has 1 atom stereocenters. The first-order chi connectivity index (χ1) is 7.82. The van der Waals surface area contributed by atoms with Crippen molar-refractivity contribution in [2.45, 2.75) is 12.5 Å². The topological polar surface area (TPSA) is 107 Å². The lowest BCUT2D eigenvalue weighted by molar-refractivity contribution is -0.145. The number of carbonyl (C=O) groups is 4. The number of hydrogen-bond donors (Lipinski definition) is 2. The molecule has 1 saturated heterocycles. The molecule has 1 heterocycles. The Morgan fingerprint density at radius 2 is 2.06 bits per heavy atom. The maximum atomic E-state index is 11.5. The van der Waals surface area contributed by atoms with E-state index in [9.17, 15) is 19.2 Å². The van der Waals surface area contributed by atoms with Crippen molar-refractivity contribution in [2.24, 2.45) is 0 Å². The number of urea groups is 1. The van der Waals surface area contributed by atoms with Crippen molar-refractivity contribution in [3.8, 4) is 0 Å². The van der Waals surface area contributed by atoms with Crippen LogP contribution in [-0.4, -0.2) is 65.4 Å². The number of carbonyl (C=O) groups excluding carboxylic acids is 3. The van der Waals surface area contributed by atoms with Crippen LogP contribution in [-0.2, 0) is 14.4 Å². The minimum absolute atomic E-state index is 0.345. The quantitative estimate of drug-likeness (QED) is 0.625. The van der Waals surface area contributed by atoms with E-state index in [1.54, 1.807) is 0 Å². The van der Waals surface area contributed by atoms with Crippen LogP contribution in [0.1, 0.15) is 6.42 Å². The molecule has 8 nitrogen and oxygen atoms in total. The normalized spacial score (nSPS) is 19.9. The molecule has 4 amide bonds. The molecule has 0 aromatic carbocycles. The molecular formula is C9H13N3O5. The first-order valence-corrected chi connectivity index (χ1v) is 4.86. The van der Waals surface area contributed by atoms with Gasteiger partial charge in [0.25, 0.3) is 0 Å². The number of nitrogens with one attached hydrogen (secondary N) is 1. The molecule has 0 spiro atoms. The fraction of sp³-hybridized carbons (Fsp3) is 0.556. The number of hydrogen-bond acceptors (Lipinski definition) is 4. The number of aliphatic carboxylic acids is 1. The Balaban J connectivity index is 2.71. The Kier molecular flexibility index (Phi) is 3.66. The number of amides is 4. The molecule has 94 valence electrons. The zero-order chi connectivity index (χ0) is 13.2. The molecule has 1 rings (SSSR count). The van der Waals surface area contributed by atoms with Crippen molar-refractivity contribution < 1.29 is 24.3 Å². The van der Waals surface area contributed by atoms with Gasteiger partial charge in [0, 0.05) is 14.1 Å². The van der Waals surface area contributed by atoms with Crippen molar-refractivity contribution in [1.82, 2.24) is 15.1 Å². The standard InChI is InChI=1S/C9H13N3O5/c1-11(2)7(14)4-12-6(13)3-5(8(15)16)10-9(12)17/h5H,3-4H2,1-2H3,(H,10,17)(H,15,16)/t5-/m0/s1. The van der Waals surface area contributed by atoms with Crippen LogP contribution < -0.4 is 5.32 Å². The Morgan fingerprint density at radius 1 is 1.47 bits per heavy atom. The summed E-state index contributed by atoms with van der Waals surface area (Å²) >= 11 is 0. The monoisotopic (exact) mass is 243 g/mol. The lowest BCUT2D eigenvalue weighted by atomic mass is 10.1. The molecule has 0 unspecified atom stereocenters. The van der Waals surface area contributed by atoms with Crippen LogP contribution in [0.15, 0.2) is 0 Å². The molecule has 0 radical (unpaired) electrons. The van der Waals surface area contributed by atoms with Crippen LogP contribution in [0.5, 0.6) is 0 Å². The van der Waals surface area contributed by atoms with Crippen molar-refractivity contribution in [3.05, 3.63) is 0 Å². The number of carboxylic acid groups (broad SMARTS) is 1. The molecule has 8 heteroatoms. The summed E-state index contributed by atoms with van der Waals surface area (Å²) in [4.78, 5) is 46.9. The summed E-state index contributed by atoms with van der Waals surface area (Å²) < 4.78 is 0. The van der Waals surface area contributed by atoms with Gasteiger partial charge in [0.2, 0.25) is 11.8 Å². The third-order valence-electron chi connectivity index (χ3n) is 2.31. The molecule has 0 aromatic heterocycles. The van der Waals surface area contributed by atoms with E-state index in [0.717, 1.165) is 0 Å². The van der Waals surface area contributed by atoms with Crippen LogP contribution in [0.4, 0.5) is 4.79 Å².